The van der Waals surface area contributed by atoms with E-state index < -0.39 is 11.6 Å². The Labute approximate surface area is 115 Å². The van der Waals surface area contributed by atoms with Crippen molar-refractivity contribution in [2.45, 2.75) is 38.6 Å². The number of rotatable bonds is 3. The number of halogens is 3. The van der Waals surface area contributed by atoms with Crippen LogP contribution in [0, 0.1) is 17.0 Å². The van der Waals surface area contributed by atoms with Gasteiger partial charge in [-0.05, 0) is 53.4 Å². The Hall–Kier alpha value is -0.480. The quantitative estimate of drug-likeness (QED) is 0.805. The topological polar surface area (TPSA) is 12.0 Å². The Balaban J connectivity index is 2.48. The second-order valence-corrected chi connectivity index (χ2v) is 6.19. The van der Waals surface area contributed by atoms with Gasteiger partial charge in [0.1, 0.15) is 11.6 Å². The zero-order valence-corrected chi connectivity index (χ0v) is 12.3. The largest absolute Gasteiger partial charge is 0.312 e. The van der Waals surface area contributed by atoms with Gasteiger partial charge in [0, 0.05) is 11.6 Å². The third-order valence-electron chi connectivity index (χ3n) is 4.10. The average Bonchev–Trinajstić information content (AvgIpc) is 2.77. The van der Waals surface area contributed by atoms with Crippen LogP contribution in [0.1, 0.15) is 44.2 Å². The van der Waals surface area contributed by atoms with E-state index in [0.717, 1.165) is 25.7 Å². The molecule has 1 aromatic rings. The first kappa shape index (κ1) is 13.9. The predicted octanol–water partition coefficient (Wildman–Crippen LogP) is 4.57. The molecule has 0 saturated heterocycles. The van der Waals surface area contributed by atoms with Gasteiger partial charge in [-0.25, -0.2) is 8.78 Å². The smallest absolute Gasteiger partial charge is 0.145 e. The summed E-state index contributed by atoms with van der Waals surface area (Å²) < 4.78 is 28.5. The molecule has 0 radical (unpaired) electrons. The van der Waals surface area contributed by atoms with Crippen LogP contribution < -0.4 is 5.32 Å². The molecule has 0 spiro atoms. The summed E-state index contributed by atoms with van der Waals surface area (Å²) in [5.74, 6) is -0.953. The van der Waals surface area contributed by atoms with E-state index in [1.165, 1.54) is 12.1 Å². The van der Waals surface area contributed by atoms with Crippen LogP contribution in [0.2, 0.25) is 0 Å². The molecule has 0 aliphatic heterocycles. The van der Waals surface area contributed by atoms with E-state index in [1.54, 1.807) is 7.05 Å². The van der Waals surface area contributed by atoms with Crippen molar-refractivity contribution in [1.82, 2.24) is 5.32 Å². The minimum absolute atomic E-state index is 0.0722. The Bertz CT molecular complexity index is 442. The third kappa shape index (κ3) is 2.32. The maximum atomic E-state index is 14.2. The molecule has 100 valence electrons. The van der Waals surface area contributed by atoms with Gasteiger partial charge in [-0.15, -0.1) is 0 Å². The lowest BCUT2D eigenvalue weighted by atomic mass is 9.77. The maximum Gasteiger partial charge on any atom is 0.145 e. The van der Waals surface area contributed by atoms with E-state index >= 15 is 0 Å². The minimum Gasteiger partial charge on any atom is -0.312 e. The molecule has 1 aromatic carbocycles. The lowest BCUT2D eigenvalue weighted by Crippen LogP contribution is -2.33. The molecule has 2 rings (SSSR count). The molecule has 1 nitrogen and oxygen atoms in total. The minimum atomic E-state index is -0.484. The van der Waals surface area contributed by atoms with Crippen LogP contribution in [-0.2, 0) is 0 Å². The number of hydrogen-bond acceptors (Lipinski definition) is 1. The molecule has 0 aromatic heterocycles. The zero-order valence-electron chi connectivity index (χ0n) is 10.7. The summed E-state index contributed by atoms with van der Waals surface area (Å²) in [5, 5.41) is 3.11. The summed E-state index contributed by atoms with van der Waals surface area (Å²) in [7, 11) is 1.77. The van der Waals surface area contributed by atoms with Crippen molar-refractivity contribution in [3.05, 3.63) is 33.8 Å². The molecule has 1 unspecified atom stereocenters. The highest BCUT2D eigenvalue weighted by Gasteiger charge is 2.39. The Morgan fingerprint density at radius 1 is 1.28 bits per heavy atom. The normalized spacial score (nSPS) is 20.1. The number of hydrogen-bond donors (Lipinski definition) is 1. The van der Waals surface area contributed by atoms with Crippen molar-refractivity contribution >= 4 is 15.9 Å². The molecule has 1 aliphatic carbocycles. The molecule has 0 amide bonds. The number of nitrogens with one attached hydrogen (secondary N) is 1. The van der Waals surface area contributed by atoms with E-state index in [1.807, 2.05) is 0 Å². The van der Waals surface area contributed by atoms with Crippen molar-refractivity contribution in [3.63, 3.8) is 0 Å². The van der Waals surface area contributed by atoms with Gasteiger partial charge in [-0.3, -0.25) is 0 Å². The summed E-state index contributed by atoms with van der Waals surface area (Å²) in [6.07, 6.45) is 4.27. The van der Waals surface area contributed by atoms with E-state index in [4.69, 9.17) is 0 Å². The van der Waals surface area contributed by atoms with Crippen LogP contribution in [0.25, 0.3) is 0 Å². The molecule has 4 heteroatoms. The number of benzene rings is 1. The van der Waals surface area contributed by atoms with Crippen LogP contribution in [0.3, 0.4) is 0 Å². The fourth-order valence-electron chi connectivity index (χ4n) is 3.12. The first-order chi connectivity index (χ1) is 8.49. The SMILES string of the molecule is CNC(c1c(F)ccc(Br)c1F)C1(C)CCCC1. The highest BCUT2D eigenvalue weighted by atomic mass is 79.9. The molecule has 1 atom stereocenters. The van der Waals surface area contributed by atoms with Crippen molar-refractivity contribution in [2.24, 2.45) is 5.41 Å². The van der Waals surface area contributed by atoms with Crippen molar-refractivity contribution in [1.29, 1.82) is 0 Å². The van der Waals surface area contributed by atoms with Crippen molar-refractivity contribution in [2.75, 3.05) is 7.05 Å². The lowest BCUT2D eigenvalue weighted by Gasteiger charge is -2.34. The van der Waals surface area contributed by atoms with Gasteiger partial charge in [-0.2, -0.15) is 0 Å². The molecule has 0 heterocycles. The van der Waals surface area contributed by atoms with Crippen LogP contribution in [-0.4, -0.2) is 7.05 Å². The first-order valence-corrected chi connectivity index (χ1v) is 7.09. The van der Waals surface area contributed by atoms with E-state index in [2.05, 4.69) is 28.2 Å². The van der Waals surface area contributed by atoms with E-state index in [0.29, 0.717) is 4.47 Å². The van der Waals surface area contributed by atoms with E-state index in [-0.39, 0.29) is 17.0 Å². The molecule has 1 N–H and O–H groups in total. The van der Waals surface area contributed by atoms with Gasteiger partial charge < -0.3 is 5.32 Å². The van der Waals surface area contributed by atoms with Crippen LogP contribution >= 0.6 is 15.9 Å². The van der Waals surface area contributed by atoms with Gasteiger partial charge in [0.05, 0.1) is 4.47 Å². The molecule has 0 bridgehead atoms. The second kappa shape index (κ2) is 5.25. The summed E-state index contributed by atoms with van der Waals surface area (Å²) in [5.41, 5.74) is 0.0910. The average molecular weight is 318 g/mol. The Kier molecular flexibility index (Phi) is 4.07. The van der Waals surface area contributed by atoms with Crippen LogP contribution in [0.4, 0.5) is 8.78 Å². The fraction of sp³-hybridized carbons (Fsp3) is 0.571. The van der Waals surface area contributed by atoms with Gasteiger partial charge in [0.2, 0.25) is 0 Å². The second-order valence-electron chi connectivity index (χ2n) is 5.34. The monoisotopic (exact) mass is 317 g/mol. The molecular weight excluding hydrogens is 300 g/mol. The molecule has 1 saturated carbocycles. The summed E-state index contributed by atoms with van der Waals surface area (Å²) >= 11 is 3.13. The molecule has 18 heavy (non-hydrogen) atoms. The molecule has 1 aliphatic rings. The van der Waals surface area contributed by atoms with Gasteiger partial charge in [-0.1, -0.05) is 19.8 Å². The van der Waals surface area contributed by atoms with Crippen LogP contribution in [0.15, 0.2) is 16.6 Å². The Morgan fingerprint density at radius 2 is 1.89 bits per heavy atom. The van der Waals surface area contributed by atoms with Gasteiger partial charge >= 0.3 is 0 Å². The molecule has 1 fully saturated rings. The summed E-state index contributed by atoms with van der Waals surface area (Å²) in [6, 6.07) is 2.46. The third-order valence-corrected chi connectivity index (χ3v) is 4.71. The van der Waals surface area contributed by atoms with E-state index in [9.17, 15) is 8.78 Å². The van der Waals surface area contributed by atoms with Crippen molar-refractivity contribution in [3.8, 4) is 0 Å². The Morgan fingerprint density at radius 3 is 2.44 bits per heavy atom. The lowest BCUT2D eigenvalue weighted by molar-refractivity contribution is 0.223. The van der Waals surface area contributed by atoms with Gasteiger partial charge in [0.25, 0.3) is 0 Å². The summed E-state index contributed by atoms with van der Waals surface area (Å²) in [6.45, 7) is 2.11. The maximum absolute atomic E-state index is 14.2. The molecular formula is C14H18BrF2N. The highest BCUT2D eigenvalue weighted by molar-refractivity contribution is 9.10. The first-order valence-electron chi connectivity index (χ1n) is 6.30. The van der Waals surface area contributed by atoms with Crippen molar-refractivity contribution < 1.29 is 8.78 Å². The van der Waals surface area contributed by atoms with Crippen LogP contribution in [0.5, 0.6) is 0 Å². The van der Waals surface area contributed by atoms with Gasteiger partial charge in [0.15, 0.2) is 0 Å². The zero-order chi connectivity index (χ0) is 13.3. The predicted molar refractivity (Wildman–Crippen MR) is 72.4 cm³/mol. The fourth-order valence-corrected chi connectivity index (χ4v) is 3.47. The standard InChI is InChI=1S/C14H18BrF2N/c1-14(7-3-4-8-14)13(18-2)11-10(16)6-5-9(15)12(11)17/h5-6,13,18H,3-4,7-8H2,1-2H3. The summed E-state index contributed by atoms with van der Waals surface area (Å²) in [4.78, 5) is 0. The highest BCUT2D eigenvalue weighted by Crippen LogP contribution is 2.48.